The number of fused-ring (bicyclic) bond motifs is 1. The largest absolute Gasteiger partial charge is 0.497 e. The Morgan fingerprint density at radius 2 is 1.57 bits per heavy atom. The fraction of sp³-hybridized carbons (Fsp3) is 0.348. The predicted octanol–water partition coefficient (Wildman–Crippen LogP) is 6.53. The van der Waals surface area contributed by atoms with Crippen molar-refractivity contribution in [2.24, 2.45) is 0 Å². The molecule has 0 bridgehead atoms. The number of halogens is 1. The van der Waals surface area contributed by atoms with Gasteiger partial charge in [-0.3, -0.25) is 4.79 Å². The molecule has 3 rings (SSSR count). The van der Waals surface area contributed by atoms with E-state index in [1.807, 2.05) is 52.0 Å². The van der Waals surface area contributed by atoms with Gasteiger partial charge in [-0.1, -0.05) is 27.7 Å². The van der Waals surface area contributed by atoms with Crippen LogP contribution in [0, 0.1) is 0 Å². The Hall–Kier alpha value is -2.46. The Morgan fingerprint density at radius 3 is 2.14 bits per heavy atom. The smallest absolute Gasteiger partial charge is 0.193 e. The van der Waals surface area contributed by atoms with Crippen LogP contribution < -0.4 is 14.9 Å². The summed E-state index contributed by atoms with van der Waals surface area (Å²) < 4.78 is 16.6. The van der Waals surface area contributed by atoms with Crippen LogP contribution in [-0.2, 0) is 0 Å². The first-order valence-corrected chi connectivity index (χ1v) is 10.1. The van der Waals surface area contributed by atoms with Gasteiger partial charge in [0.1, 0.15) is 22.8 Å². The van der Waals surface area contributed by atoms with Crippen LogP contribution in [0.5, 0.6) is 11.5 Å². The normalized spacial score (nSPS) is 9.64. The molecule has 0 saturated carbocycles. The van der Waals surface area contributed by atoms with Gasteiger partial charge in [-0.05, 0) is 42.8 Å². The molecule has 4 nitrogen and oxygen atoms in total. The maximum absolute atomic E-state index is 12.3. The lowest BCUT2D eigenvalue weighted by Crippen LogP contribution is -2.01. The molecule has 28 heavy (non-hydrogen) atoms. The van der Waals surface area contributed by atoms with Gasteiger partial charge in [-0.2, -0.15) is 0 Å². The van der Waals surface area contributed by atoms with E-state index in [1.165, 1.54) is 6.07 Å². The van der Waals surface area contributed by atoms with Crippen LogP contribution in [0.1, 0.15) is 34.1 Å². The van der Waals surface area contributed by atoms with Crippen LogP contribution in [-0.4, -0.2) is 19.6 Å². The standard InChI is InChI=1S/C19H18O4.C2H5Cl.C2H6/c1-3-10-22-15-8-9-16-17(20)12-18(23-19(16)11-15)13-4-6-14(21-2)7-5-13;1-2-3;1-2/h4-9,11-12H,3,10H2,1-2H3;2H2,1H3;1-2H3. The molecule has 0 radical (unpaired) electrons. The third-order valence-electron chi connectivity index (χ3n) is 3.55. The van der Waals surface area contributed by atoms with Crippen LogP contribution in [0.3, 0.4) is 0 Å². The zero-order chi connectivity index (χ0) is 20.9. The average Bonchev–Trinajstić information content (AvgIpc) is 2.74. The van der Waals surface area contributed by atoms with Crippen LogP contribution in [0.2, 0.25) is 0 Å². The molecule has 5 heteroatoms. The fourth-order valence-electron chi connectivity index (χ4n) is 2.34. The molecule has 3 aromatic rings. The molecular weight excluding hydrogens is 376 g/mol. The Morgan fingerprint density at radius 1 is 0.964 bits per heavy atom. The maximum atomic E-state index is 12.3. The van der Waals surface area contributed by atoms with Crippen molar-refractivity contribution in [1.29, 1.82) is 0 Å². The third kappa shape index (κ3) is 6.61. The molecule has 2 aromatic carbocycles. The number of methoxy groups -OCH3 is 1. The predicted molar refractivity (Wildman–Crippen MR) is 118 cm³/mol. The molecule has 0 unspecified atom stereocenters. The number of alkyl halides is 1. The summed E-state index contributed by atoms with van der Waals surface area (Å²) in [7, 11) is 1.61. The van der Waals surface area contributed by atoms with Gasteiger partial charge in [0.25, 0.3) is 0 Å². The Bertz CT molecular complexity index is 885. The van der Waals surface area contributed by atoms with E-state index in [0.29, 0.717) is 29.1 Å². The fourth-order valence-corrected chi connectivity index (χ4v) is 2.34. The first kappa shape index (κ1) is 23.6. The Kier molecular flexibility index (Phi) is 10.8. The van der Waals surface area contributed by atoms with Gasteiger partial charge in [-0.25, -0.2) is 0 Å². The van der Waals surface area contributed by atoms with E-state index in [1.54, 1.807) is 25.3 Å². The molecule has 0 spiro atoms. The van der Waals surface area contributed by atoms with Crippen LogP contribution in [0.25, 0.3) is 22.3 Å². The van der Waals surface area contributed by atoms with Crippen molar-refractivity contribution in [3.8, 4) is 22.8 Å². The molecule has 1 aromatic heterocycles. The molecule has 0 saturated heterocycles. The molecule has 0 fully saturated rings. The first-order valence-electron chi connectivity index (χ1n) is 9.54. The maximum Gasteiger partial charge on any atom is 0.193 e. The van der Waals surface area contributed by atoms with Gasteiger partial charge in [0.15, 0.2) is 5.43 Å². The number of benzene rings is 2. The Balaban J connectivity index is 0.000000717. The summed E-state index contributed by atoms with van der Waals surface area (Å²) in [5.41, 5.74) is 1.28. The minimum absolute atomic E-state index is 0.0703. The van der Waals surface area contributed by atoms with Gasteiger partial charge in [-0.15, -0.1) is 11.6 Å². The summed E-state index contributed by atoms with van der Waals surface area (Å²) in [5, 5.41) is 0.547. The summed E-state index contributed by atoms with van der Waals surface area (Å²) >= 11 is 5.00. The summed E-state index contributed by atoms with van der Waals surface area (Å²) in [6.45, 7) is 8.57. The number of ether oxygens (including phenoxy) is 2. The van der Waals surface area contributed by atoms with Gasteiger partial charge in [0, 0.05) is 23.6 Å². The van der Waals surface area contributed by atoms with Crippen molar-refractivity contribution in [2.45, 2.75) is 34.1 Å². The third-order valence-corrected chi connectivity index (χ3v) is 3.55. The van der Waals surface area contributed by atoms with Crippen LogP contribution >= 0.6 is 11.6 Å². The minimum atomic E-state index is -0.0703. The summed E-state index contributed by atoms with van der Waals surface area (Å²) in [6, 6.07) is 14.2. The van der Waals surface area contributed by atoms with E-state index in [0.717, 1.165) is 23.6 Å². The van der Waals surface area contributed by atoms with E-state index in [2.05, 4.69) is 0 Å². The molecule has 1 heterocycles. The highest BCUT2D eigenvalue weighted by Crippen LogP contribution is 2.26. The SMILES string of the molecule is CC.CCCOc1ccc2c(=O)cc(-c3ccc(OC)cc3)oc2c1.CCCl. The highest BCUT2D eigenvalue weighted by atomic mass is 35.5. The molecule has 0 N–H and O–H groups in total. The highest BCUT2D eigenvalue weighted by molar-refractivity contribution is 6.17. The monoisotopic (exact) mass is 404 g/mol. The van der Waals surface area contributed by atoms with E-state index in [-0.39, 0.29) is 5.43 Å². The van der Waals surface area contributed by atoms with Crippen LogP contribution in [0.15, 0.2) is 57.7 Å². The van der Waals surface area contributed by atoms with Gasteiger partial charge in [0.05, 0.1) is 19.1 Å². The minimum Gasteiger partial charge on any atom is -0.497 e. The molecule has 152 valence electrons. The molecular formula is C23H29ClO4. The quantitative estimate of drug-likeness (QED) is 0.453. The van der Waals surface area contributed by atoms with Crippen molar-refractivity contribution in [3.63, 3.8) is 0 Å². The van der Waals surface area contributed by atoms with E-state index in [9.17, 15) is 4.79 Å². The molecule has 0 aliphatic heterocycles. The molecule has 0 atom stereocenters. The van der Waals surface area contributed by atoms with Gasteiger partial charge in [0.2, 0.25) is 0 Å². The topological polar surface area (TPSA) is 48.7 Å². The zero-order valence-electron chi connectivity index (χ0n) is 17.3. The van der Waals surface area contributed by atoms with Crippen molar-refractivity contribution < 1.29 is 13.9 Å². The first-order chi connectivity index (χ1) is 13.6. The second kappa shape index (κ2) is 12.8. The lowest BCUT2D eigenvalue weighted by molar-refractivity contribution is 0.317. The number of rotatable bonds is 5. The second-order valence-corrected chi connectivity index (χ2v) is 6.01. The second-order valence-electron chi connectivity index (χ2n) is 5.48. The lowest BCUT2D eigenvalue weighted by atomic mass is 10.1. The van der Waals surface area contributed by atoms with Crippen molar-refractivity contribution in [2.75, 3.05) is 19.6 Å². The molecule has 0 aliphatic carbocycles. The Labute approximate surface area is 172 Å². The van der Waals surface area contributed by atoms with Gasteiger partial charge < -0.3 is 13.9 Å². The van der Waals surface area contributed by atoms with Crippen molar-refractivity contribution in [3.05, 3.63) is 58.8 Å². The molecule has 0 aliphatic rings. The summed E-state index contributed by atoms with van der Waals surface area (Å²) in [4.78, 5) is 12.3. The van der Waals surface area contributed by atoms with Gasteiger partial charge >= 0.3 is 0 Å². The number of hydrogen-bond donors (Lipinski definition) is 0. The molecule has 0 amide bonds. The summed E-state index contributed by atoms with van der Waals surface area (Å²) in [5.74, 6) is 2.71. The van der Waals surface area contributed by atoms with E-state index in [4.69, 9.17) is 25.5 Å². The van der Waals surface area contributed by atoms with E-state index < -0.39 is 0 Å². The van der Waals surface area contributed by atoms with Crippen LogP contribution in [0.4, 0.5) is 0 Å². The lowest BCUT2D eigenvalue weighted by Gasteiger charge is -2.07. The average molecular weight is 405 g/mol. The summed E-state index contributed by atoms with van der Waals surface area (Å²) in [6.07, 6.45) is 0.924. The zero-order valence-corrected chi connectivity index (χ0v) is 18.0. The van der Waals surface area contributed by atoms with Crippen molar-refractivity contribution in [1.82, 2.24) is 0 Å². The van der Waals surface area contributed by atoms with E-state index >= 15 is 0 Å². The highest BCUT2D eigenvalue weighted by Gasteiger charge is 2.08. The number of hydrogen-bond acceptors (Lipinski definition) is 4. The van der Waals surface area contributed by atoms with Crippen molar-refractivity contribution >= 4 is 22.6 Å².